The van der Waals surface area contributed by atoms with Crippen molar-refractivity contribution < 1.29 is 9.47 Å². The van der Waals surface area contributed by atoms with Gasteiger partial charge >= 0.3 is 0 Å². The van der Waals surface area contributed by atoms with Crippen LogP contribution in [0.15, 0.2) is 0 Å². The van der Waals surface area contributed by atoms with Crippen molar-refractivity contribution in [2.75, 3.05) is 6.61 Å². The van der Waals surface area contributed by atoms with Gasteiger partial charge in [0.25, 0.3) is 0 Å². The van der Waals surface area contributed by atoms with E-state index in [0.717, 1.165) is 18.9 Å². The summed E-state index contributed by atoms with van der Waals surface area (Å²) in [5.74, 6) is 1.64. The van der Waals surface area contributed by atoms with Crippen LogP contribution in [0.1, 0.15) is 97.3 Å². The molecule has 0 N–H and O–H groups in total. The topological polar surface area (TPSA) is 18.5 Å². The van der Waals surface area contributed by atoms with Gasteiger partial charge in [-0.05, 0) is 44.4 Å². The molecule has 1 saturated heterocycles. The van der Waals surface area contributed by atoms with Gasteiger partial charge in [-0.2, -0.15) is 0 Å². The molecule has 0 aromatic carbocycles. The molecule has 0 bridgehead atoms. The average Bonchev–Trinajstić information content (AvgIpc) is 2.56. The Hall–Kier alpha value is -0.0800. The second-order valence-corrected chi connectivity index (χ2v) is 7.56. The molecule has 2 fully saturated rings. The van der Waals surface area contributed by atoms with Crippen LogP contribution in [-0.4, -0.2) is 19.0 Å². The van der Waals surface area contributed by atoms with Gasteiger partial charge in [-0.25, -0.2) is 0 Å². The Bertz CT molecular complexity index is 271. The number of hydrogen-bond acceptors (Lipinski definition) is 2. The Labute approximate surface area is 138 Å². The Morgan fingerprint density at radius 3 is 2.14 bits per heavy atom. The molecule has 2 atom stereocenters. The smallest absolute Gasteiger partial charge is 0.160 e. The van der Waals surface area contributed by atoms with Crippen molar-refractivity contribution >= 4 is 0 Å². The second-order valence-electron chi connectivity index (χ2n) is 7.56. The third-order valence-electron chi connectivity index (χ3n) is 5.67. The SMILES string of the molecule is CCCCCC1CCOC([C@H]2CC[C@H](CCCCC)CC2)O1. The number of ether oxygens (including phenoxy) is 2. The Morgan fingerprint density at radius 2 is 1.45 bits per heavy atom. The predicted molar refractivity (Wildman–Crippen MR) is 93.0 cm³/mol. The summed E-state index contributed by atoms with van der Waals surface area (Å²) in [5.41, 5.74) is 0. The van der Waals surface area contributed by atoms with Crippen LogP contribution >= 0.6 is 0 Å². The highest BCUT2D eigenvalue weighted by Crippen LogP contribution is 2.36. The van der Waals surface area contributed by atoms with Gasteiger partial charge in [0.2, 0.25) is 0 Å². The minimum Gasteiger partial charge on any atom is -0.352 e. The summed E-state index contributed by atoms with van der Waals surface area (Å²) in [5, 5.41) is 0. The van der Waals surface area contributed by atoms with Crippen LogP contribution in [0.4, 0.5) is 0 Å². The van der Waals surface area contributed by atoms with E-state index in [9.17, 15) is 0 Å². The molecule has 0 aromatic heterocycles. The van der Waals surface area contributed by atoms with E-state index in [0.29, 0.717) is 12.0 Å². The van der Waals surface area contributed by atoms with Crippen molar-refractivity contribution in [3.05, 3.63) is 0 Å². The molecule has 130 valence electrons. The molecule has 1 heterocycles. The zero-order valence-electron chi connectivity index (χ0n) is 15.0. The Balaban J connectivity index is 1.65. The quantitative estimate of drug-likeness (QED) is 0.480. The molecular weight excluding hydrogens is 272 g/mol. The standard InChI is InChI=1S/C20H38O2/c1-3-5-7-9-17-11-13-18(14-12-17)20-21-16-15-19(22-20)10-8-6-4-2/h17-20H,3-16H2,1-2H3/t17-,18-,19?,20?. The third-order valence-corrected chi connectivity index (χ3v) is 5.67. The fourth-order valence-electron chi connectivity index (χ4n) is 4.13. The average molecular weight is 311 g/mol. The van der Waals surface area contributed by atoms with Crippen molar-refractivity contribution in [2.45, 2.75) is 110 Å². The van der Waals surface area contributed by atoms with Crippen molar-refractivity contribution in [1.29, 1.82) is 0 Å². The summed E-state index contributed by atoms with van der Waals surface area (Å²) in [4.78, 5) is 0. The van der Waals surface area contributed by atoms with Gasteiger partial charge in [0.15, 0.2) is 6.29 Å². The van der Waals surface area contributed by atoms with Gasteiger partial charge in [0.1, 0.15) is 0 Å². The van der Waals surface area contributed by atoms with Crippen LogP contribution < -0.4 is 0 Å². The Morgan fingerprint density at radius 1 is 0.773 bits per heavy atom. The first-order valence-corrected chi connectivity index (χ1v) is 10.1. The van der Waals surface area contributed by atoms with Crippen molar-refractivity contribution in [3.8, 4) is 0 Å². The van der Waals surface area contributed by atoms with E-state index >= 15 is 0 Å². The predicted octanol–water partition coefficient (Wildman–Crippen LogP) is 6.09. The summed E-state index contributed by atoms with van der Waals surface area (Å²) in [7, 11) is 0. The number of rotatable bonds is 9. The van der Waals surface area contributed by atoms with Crippen LogP contribution in [0, 0.1) is 11.8 Å². The molecule has 0 aromatic rings. The van der Waals surface area contributed by atoms with Crippen LogP contribution in [-0.2, 0) is 9.47 Å². The van der Waals surface area contributed by atoms with Gasteiger partial charge in [0.05, 0.1) is 12.7 Å². The highest BCUT2D eigenvalue weighted by atomic mass is 16.7. The highest BCUT2D eigenvalue weighted by molar-refractivity contribution is 4.77. The molecule has 0 spiro atoms. The molecule has 2 nitrogen and oxygen atoms in total. The summed E-state index contributed by atoms with van der Waals surface area (Å²) in [6.07, 6.45) is 18.0. The van der Waals surface area contributed by atoms with Crippen LogP contribution in [0.5, 0.6) is 0 Å². The maximum Gasteiger partial charge on any atom is 0.160 e. The van der Waals surface area contributed by atoms with Crippen LogP contribution in [0.3, 0.4) is 0 Å². The van der Waals surface area contributed by atoms with Crippen molar-refractivity contribution in [2.24, 2.45) is 11.8 Å². The third kappa shape index (κ3) is 6.20. The van der Waals surface area contributed by atoms with Gasteiger partial charge < -0.3 is 9.47 Å². The van der Waals surface area contributed by atoms with Gasteiger partial charge in [0, 0.05) is 5.92 Å². The first-order chi connectivity index (χ1) is 10.8. The highest BCUT2D eigenvalue weighted by Gasteiger charge is 2.32. The fraction of sp³-hybridized carbons (Fsp3) is 1.00. The number of unbranched alkanes of at least 4 members (excludes halogenated alkanes) is 4. The van der Waals surface area contributed by atoms with E-state index in [4.69, 9.17) is 9.47 Å². The lowest BCUT2D eigenvalue weighted by Gasteiger charge is -2.38. The summed E-state index contributed by atoms with van der Waals surface area (Å²) in [6, 6.07) is 0. The maximum absolute atomic E-state index is 6.28. The first-order valence-electron chi connectivity index (χ1n) is 10.1. The normalized spacial score (nSPS) is 33.0. The lowest BCUT2D eigenvalue weighted by Crippen LogP contribution is -2.38. The molecule has 2 heteroatoms. The molecule has 1 saturated carbocycles. The van der Waals surface area contributed by atoms with E-state index in [2.05, 4.69) is 13.8 Å². The van der Waals surface area contributed by atoms with Gasteiger partial charge in [-0.1, -0.05) is 58.8 Å². The van der Waals surface area contributed by atoms with E-state index in [1.807, 2.05) is 0 Å². The van der Waals surface area contributed by atoms with Gasteiger partial charge in [-0.15, -0.1) is 0 Å². The zero-order chi connectivity index (χ0) is 15.6. The lowest BCUT2D eigenvalue weighted by atomic mass is 9.79. The molecule has 2 unspecified atom stereocenters. The summed E-state index contributed by atoms with van der Waals surface area (Å²) >= 11 is 0. The summed E-state index contributed by atoms with van der Waals surface area (Å²) < 4.78 is 12.2. The number of hydrogen-bond donors (Lipinski definition) is 0. The first kappa shape index (κ1) is 18.3. The van der Waals surface area contributed by atoms with Gasteiger partial charge in [-0.3, -0.25) is 0 Å². The van der Waals surface area contributed by atoms with Crippen LogP contribution in [0.25, 0.3) is 0 Å². The molecule has 22 heavy (non-hydrogen) atoms. The fourth-order valence-corrected chi connectivity index (χ4v) is 4.13. The van der Waals surface area contributed by atoms with Crippen LogP contribution in [0.2, 0.25) is 0 Å². The van der Waals surface area contributed by atoms with E-state index < -0.39 is 0 Å². The summed E-state index contributed by atoms with van der Waals surface area (Å²) in [6.45, 7) is 5.48. The minimum absolute atomic E-state index is 0.108. The minimum atomic E-state index is 0.108. The van der Waals surface area contributed by atoms with Crippen molar-refractivity contribution in [1.82, 2.24) is 0 Å². The molecule has 1 aliphatic carbocycles. The molecule has 2 rings (SSSR count). The molecule has 0 radical (unpaired) electrons. The monoisotopic (exact) mass is 310 g/mol. The molecule has 1 aliphatic heterocycles. The Kier molecular flexibility index (Phi) is 8.84. The zero-order valence-corrected chi connectivity index (χ0v) is 15.0. The largest absolute Gasteiger partial charge is 0.352 e. The van der Waals surface area contributed by atoms with E-state index in [1.165, 1.54) is 77.0 Å². The lowest BCUT2D eigenvalue weighted by molar-refractivity contribution is -0.241. The van der Waals surface area contributed by atoms with E-state index in [-0.39, 0.29) is 6.29 Å². The molecule has 0 amide bonds. The second kappa shape index (κ2) is 10.6. The van der Waals surface area contributed by atoms with Crippen molar-refractivity contribution in [3.63, 3.8) is 0 Å². The molecular formula is C20H38O2. The molecule has 2 aliphatic rings. The maximum atomic E-state index is 6.28. The van der Waals surface area contributed by atoms with E-state index in [1.54, 1.807) is 0 Å².